The number of hydrogen-bond donors (Lipinski definition) is 1. The van der Waals surface area contributed by atoms with Crippen molar-refractivity contribution in [3.05, 3.63) is 101 Å². The summed E-state index contributed by atoms with van der Waals surface area (Å²) < 4.78 is 26.6. The number of anilines is 1. The Bertz CT molecular complexity index is 1390. The summed E-state index contributed by atoms with van der Waals surface area (Å²) in [6, 6.07) is 24.2. The van der Waals surface area contributed by atoms with Crippen LogP contribution in [0, 0.1) is 6.92 Å². The third-order valence-electron chi connectivity index (χ3n) is 6.92. The molecule has 41 heavy (non-hydrogen) atoms. The lowest BCUT2D eigenvalue weighted by molar-refractivity contribution is -0.141. The van der Waals surface area contributed by atoms with Crippen molar-refractivity contribution in [3.8, 4) is 0 Å². The Morgan fingerprint density at radius 3 is 2.12 bits per heavy atom. The third-order valence-corrected chi connectivity index (χ3v) is 8.12. The fourth-order valence-electron chi connectivity index (χ4n) is 4.84. The molecular weight excluding hydrogens is 534 g/mol. The Morgan fingerprint density at radius 2 is 1.54 bits per heavy atom. The number of benzene rings is 3. The molecule has 0 saturated carbocycles. The van der Waals surface area contributed by atoms with Gasteiger partial charge in [-0.15, -0.1) is 0 Å². The molecule has 0 aliphatic carbocycles. The van der Waals surface area contributed by atoms with Crippen LogP contribution in [-0.2, 0) is 39.0 Å². The lowest BCUT2D eigenvalue weighted by atomic mass is 10.0. The average molecular weight is 578 g/mol. The van der Waals surface area contributed by atoms with Crippen molar-refractivity contribution in [1.29, 1.82) is 0 Å². The first-order chi connectivity index (χ1) is 19.5. The Morgan fingerprint density at radius 1 is 0.878 bits per heavy atom. The van der Waals surface area contributed by atoms with E-state index in [2.05, 4.69) is 5.32 Å². The van der Waals surface area contributed by atoms with E-state index in [0.717, 1.165) is 28.7 Å². The molecule has 0 aromatic heterocycles. The van der Waals surface area contributed by atoms with Gasteiger partial charge in [0.05, 0.1) is 11.9 Å². The molecule has 220 valence electrons. The van der Waals surface area contributed by atoms with Crippen LogP contribution in [0.2, 0.25) is 0 Å². The van der Waals surface area contributed by atoms with Gasteiger partial charge in [0.15, 0.2) is 0 Å². The number of nitrogens with zero attached hydrogens (tertiary/aromatic N) is 2. The number of aryl methyl sites for hydroxylation is 2. The molecule has 0 radical (unpaired) electrons. The minimum atomic E-state index is -3.55. The zero-order valence-corrected chi connectivity index (χ0v) is 25.7. The van der Waals surface area contributed by atoms with E-state index in [9.17, 15) is 18.0 Å². The van der Waals surface area contributed by atoms with Crippen LogP contribution in [0.1, 0.15) is 55.9 Å². The van der Waals surface area contributed by atoms with Crippen molar-refractivity contribution >= 4 is 27.5 Å². The summed E-state index contributed by atoms with van der Waals surface area (Å²) in [5, 5.41) is 3.00. The largest absolute Gasteiger partial charge is 0.352 e. The van der Waals surface area contributed by atoms with Crippen molar-refractivity contribution in [2.24, 2.45) is 0 Å². The first-order valence-electron chi connectivity index (χ1n) is 14.2. The number of amides is 2. The maximum Gasteiger partial charge on any atom is 0.243 e. The first-order valence-corrected chi connectivity index (χ1v) is 16.1. The smallest absolute Gasteiger partial charge is 0.243 e. The standard InChI is InChI=1S/C33H43N3O4S/c1-6-27-17-19-30(20-18-27)36(41(5,39)40)21-11-16-32(37)35(24-29-15-10-12-26(4)22-29)31(33(38)34-25(2)3)23-28-13-8-7-9-14-28/h7-10,12-15,17-20,22,25,31H,6,11,16,21,23-24H2,1-5H3,(H,34,38). The van der Waals surface area contributed by atoms with Gasteiger partial charge in [-0.3, -0.25) is 13.9 Å². The quantitative estimate of drug-likeness (QED) is 0.283. The molecule has 0 aliphatic rings. The van der Waals surface area contributed by atoms with E-state index in [1.54, 1.807) is 17.0 Å². The molecule has 0 fully saturated rings. The molecule has 3 rings (SSSR count). The van der Waals surface area contributed by atoms with Gasteiger partial charge >= 0.3 is 0 Å². The average Bonchev–Trinajstić information content (AvgIpc) is 2.92. The number of carbonyl (C=O) groups excluding carboxylic acids is 2. The molecule has 1 unspecified atom stereocenters. The second kappa shape index (κ2) is 14.8. The van der Waals surface area contributed by atoms with E-state index < -0.39 is 16.1 Å². The molecular formula is C33H43N3O4S. The number of sulfonamides is 1. The van der Waals surface area contributed by atoms with E-state index in [4.69, 9.17) is 0 Å². The highest BCUT2D eigenvalue weighted by Crippen LogP contribution is 2.21. The van der Waals surface area contributed by atoms with Crippen LogP contribution in [0.4, 0.5) is 5.69 Å². The molecule has 0 heterocycles. The van der Waals surface area contributed by atoms with Crippen molar-refractivity contribution in [2.75, 3.05) is 17.1 Å². The molecule has 0 saturated heterocycles. The van der Waals surface area contributed by atoms with Crippen LogP contribution in [0.25, 0.3) is 0 Å². The van der Waals surface area contributed by atoms with Gasteiger partial charge in [0, 0.05) is 32.0 Å². The van der Waals surface area contributed by atoms with Crippen LogP contribution in [0.15, 0.2) is 78.9 Å². The molecule has 2 amide bonds. The van der Waals surface area contributed by atoms with Crippen LogP contribution in [0.3, 0.4) is 0 Å². The van der Waals surface area contributed by atoms with E-state index in [-0.39, 0.29) is 37.4 Å². The molecule has 8 heteroatoms. The second-order valence-corrected chi connectivity index (χ2v) is 12.7. The summed E-state index contributed by atoms with van der Waals surface area (Å²) in [6.07, 6.45) is 2.83. The molecule has 0 aliphatic heterocycles. The lowest BCUT2D eigenvalue weighted by Crippen LogP contribution is -2.51. The third kappa shape index (κ3) is 9.74. The monoisotopic (exact) mass is 577 g/mol. The number of rotatable bonds is 14. The highest BCUT2D eigenvalue weighted by atomic mass is 32.2. The summed E-state index contributed by atoms with van der Waals surface area (Å²) in [4.78, 5) is 29.1. The zero-order valence-electron chi connectivity index (χ0n) is 24.8. The van der Waals surface area contributed by atoms with Crippen LogP contribution >= 0.6 is 0 Å². The van der Waals surface area contributed by atoms with E-state index in [1.165, 1.54) is 10.6 Å². The number of carbonyl (C=O) groups is 2. The van der Waals surface area contributed by atoms with Crippen LogP contribution < -0.4 is 9.62 Å². The summed E-state index contributed by atoms with van der Waals surface area (Å²) >= 11 is 0. The van der Waals surface area contributed by atoms with E-state index >= 15 is 0 Å². The van der Waals surface area contributed by atoms with Crippen LogP contribution in [-0.4, -0.2) is 50.0 Å². The summed E-state index contributed by atoms with van der Waals surface area (Å²) in [5.74, 6) is -0.403. The number of hydrogen-bond acceptors (Lipinski definition) is 4. The summed E-state index contributed by atoms with van der Waals surface area (Å²) in [6.45, 7) is 8.28. The Labute approximate surface area is 245 Å². The van der Waals surface area contributed by atoms with Gasteiger partial charge in [0.2, 0.25) is 21.8 Å². The fraction of sp³-hybridized carbons (Fsp3) is 0.394. The lowest BCUT2D eigenvalue weighted by Gasteiger charge is -2.32. The second-order valence-electron chi connectivity index (χ2n) is 10.8. The van der Waals surface area contributed by atoms with Crippen molar-refractivity contribution in [2.45, 2.75) is 72.0 Å². The molecule has 0 bridgehead atoms. The Hall–Kier alpha value is -3.65. The molecule has 0 spiro atoms. The van der Waals surface area contributed by atoms with Gasteiger partial charge in [-0.05, 0) is 62.4 Å². The van der Waals surface area contributed by atoms with Gasteiger partial charge in [0.25, 0.3) is 0 Å². The van der Waals surface area contributed by atoms with Gasteiger partial charge in [-0.25, -0.2) is 8.42 Å². The maximum absolute atomic E-state index is 13.9. The van der Waals surface area contributed by atoms with Crippen molar-refractivity contribution in [3.63, 3.8) is 0 Å². The topological polar surface area (TPSA) is 86.8 Å². The Kier molecular flexibility index (Phi) is 11.5. The van der Waals surface area contributed by atoms with E-state index in [0.29, 0.717) is 18.5 Å². The van der Waals surface area contributed by atoms with Gasteiger partial charge in [0.1, 0.15) is 6.04 Å². The molecule has 3 aromatic rings. The molecule has 1 atom stereocenters. The van der Waals surface area contributed by atoms with Gasteiger partial charge < -0.3 is 10.2 Å². The Balaban J connectivity index is 1.87. The van der Waals surface area contributed by atoms with Gasteiger partial charge in [-0.1, -0.05) is 79.2 Å². The normalized spacial score (nSPS) is 12.1. The number of nitrogens with one attached hydrogen (secondary N) is 1. The minimum absolute atomic E-state index is 0.0842. The SMILES string of the molecule is CCc1ccc(N(CCCC(=O)N(Cc2cccc(C)c2)C(Cc2ccccc2)C(=O)NC(C)C)S(C)(=O)=O)cc1. The fourth-order valence-corrected chi connectivity index (χ4v) is 5.81. The first kappa shape index (κ1) is 31.9. The van der Waals surface area contributed by atoms with Crippen molar-refractivity contribution < 1.29 is 18.0 Å². The minimum Gasteiger partial charge on any atom is -0.352 e. The predicted octanol–water partition coefficient (Wildman–Crippen LogP) is 5.27. The van der Waals surface area contributed by atoms with Crippen molar-refractivity contribution in [1.82, 2.24) is 10.2 Å². The highest BCUT2D eigenvalue weighted by Gasteiger charge is 2.31. The highest BCUT2D eigenvalue weighted by molar-refractivity contribution is 7.92. The van der Waals surface area contributed by atoms with Crippen LogP contribution in [0.5, 0.6) is 0 Å². The molecule has 1 N–H and O–H groups in total. The predicted molar refractivity (Wildman–Crippen MR) is 166 cm³/mol. The van der Waals surface area contributed by atoms with E-state index in [1.807, 2.05) is 94.4 Å². The molecule has 7 nitrogen and oxygen atoms in total. The zero-order chi connectivity index (χ0) is 30.0. The summed E-state index contributed by atoms with van der Waals surface area (Å²) in [7, 11) is -3.55. The maximum atomic E-state index is 13.9. The summed E-state index contributed by atoms with van der Waals surface area (Å²) in [5.41, 5.74) is 4.65. The van der Waals surface area contributed by atoms with Gasteiger partial charge in [-0.2, -0.15) is 0 Å². The molecule has 3 aromatic carbocycles.